The molecule has 0 radical (unpaired) electrons. The van der Waals surface area contributed by atoms with Crippen molar-refractivity contribution in [2.24, 2.45) is 5.84 Å². The minimum atomic E-state index is -0.373. The normalized spacial score (nSPS) is 12.2. The van der Waals surface area contributed by atoms with Gasteiger partial charge in [0, 0.05) is 12.6 Å². The second-order valence-corrected chi connectivity index (χ2v) is 3.99. The number of nitrogen functional groups attached to an aromatic ring is 1. The van der Waals surface area contributed by atoms with E-state index in [-0.39, 0.29) is 6.10 Å². The fourth-order valence-corrected chi connectivity index (χ4v) is 1.43. The Morgan fingerprint density at radius 1 is 1.50 bits per heavy atom. The molecular formula is C9H17N5OS. The molecule has 1 heterocycles. The maximum Gasteiger partial charge on any atom is 0.191 e. The molecule has 7 heteroatoms. The van der Waals surface area contributed by atoms with Gasteiger partial charge in [0.15, 0.2) is 5.16 Å². The fourth-order valence-electron chi connectivity index (χ4n) is 1.05. The lowest BCUT2D eigenvalue weighted by atomic mass is 10.3. The molecule has 0 fully saturated rings. The van der Waals surface area contributed by atoms with Crippen molar-refractivity contribution in [3.63, 3.8) is 0 Å². The Hall–Kier alpha value is -1.05. The molecule has 6 nitrogen and oxygen atoms in total. The summed E-state index contributed by atoms with van der Waals surface area (Å²) in [5.41, 5.74) is 2.48. The van der Waals surface area contributed by atoms with Crippen molar-refractivity contribution >= 4 is 23.4 Å². The van der Waals surface area contributed by atoms with Crippen molar-refractivity contribution in [1.29, 1.82) is 0 Å². The monoisotopic (exact) mass is 243 g/mol. The number of rotatable bonds is 6. The SMILES string of the molecule is CCC(O)CNc1cc(NN)nc(SC)n1. The molecule has 0 saturated carbocycles. The quantitative estimate of drug-likeness (QED) is 0.252. The van der Waals surface area contributed by atoms with E-state index in [0.717, 1.165) is 0 Å². The maximum atomic E-state index is 9.42. The molecule has 1 aromatic rings. The summed E-state index contributed by atoms with van der Waals surface area (Å²) in [5.74, 6) is 6.50. The second-order valence-electron chi connectivity index (χ2n) is 3.21. The molecule has 90 valence electrons. The number of hydrogen-bond donors (Lipinski definition) is 4. The van der Waals surface area contributed by atoms with Crippen molar-refractivity contribution in [2.45, 2.75) is 24.6 Å². The number of thioether (sulfide) groups is 1. The summed E-state index contributed by atoms with van der Waals surface area (Å²) < 4.78 is 0. The third-order valence-electron chi connectivity index (χ3n) is 2.03. The van der Waals surface area contributed by atoms with Gasteiger partial charge >= 0.3 is 0 Å². The lowest BCUT2D eigenvalue weighted by Crippen LogP contribution is -2.19. The van der Waals surface area contributed by atoms with Crippen LogP contribution >= 0.6 is 11.8 Å². The predicted molar refractivity (Wildman–Crippen MR) is 66.4 cm³/mol. The van der Waals surface area contributed by atoms with Crippen molar-refractivity contribution in [3.8, 4) is 0 Å². The first-order chi connectivity index (χ1) is 7.69. The van der Waals surface area contributed by atoms with Crippen LogP contribution in [0.25, 0.3) is 0 Å². The average molecular weight is 243 g/mol. The van der Waals surface area contributed by atoms with E-state index in [0.29, 0.717) is 29.8 Å². The van der Waals surface area contributed by atoms with Crippen LogP contribution in [0.1, 0.15) is 13.3 Å². The summed E-state index contributed by atoms with van der Waals surface area (Å²) in [6.07, 6.45) is 2.22. The molecule has 0 amide bonds. The molecule has 1 rings (SSSR count). The molecule has 5 N–H and O–H groups in total. The standard InChI is InChI=1S/C9H17N5OS/c1-3-6(15)5-11-7-4-8(14-10)13-9(12-7)16-2/h4,6,15H,3,5,10H2,1-2H3,(H2,11,12,13,14). The largest absolute Gasteiger partial charge is 0.391 e. The summed E-state index contributed by atoms with van der Waals surface area (Å²) >= 11 is 1.43. The molecule has 16 heavy (non-hydrogen) atoms. The van der Waals surface area contributed by atoms with Crippen LogP contribution in [-0.2, 0) is 0 Å². The zero-order valence-corrected chi connectivity index (χ0v) is 10.2. The number of hydrogen-bond acceptors (Lipinski definition) is 7. The molecule has 1 aromatic heterocycles. The minimum absolute atomic E-state index is 0.373. The van der Waals surface area contributed by atoms with Crippen LogP contribution < -0.4 is 16.6 Å². The highest BCUT2D eigenvalue weighted by atomic mass is 32.2. The molecule has 1 atom stereocenters. The lowest BCUT2D eigenvalue weighted by molar-refractivity contribution is 0.183. The summed E-state index contributed by atoms with van der Waals surface area (Å²) in [5, 5.41) is 13.1. The highest BCUT2D eigenvalue weighted by Gasteiger charge is 2.05. The van der Waals surface area contributed by atoms with Crippen LogP contribution in [0.4, 0.5) is 11.6 Å². The molecule has 0 aromatic carbocycles. The van der Waals surface area contributed by atoms with Gasteiger partial charge in [0.05, 0.1) is 6.10 Å². The maximum absolute atomic E-state index is 9.42. The zero-order chi connectivity index (χ0) is 12.0. The van der Waals surface area contributed by atoms with E-state index in [1.165, 1.54) is 11.8 Å². The number of hydrazine groups is 1. The van der Waals surface area contributed by atoms with Gasteiger partial charge in [-0.05, 0) is 12.7 Å². The first-order valence-electron chi connectivity index (χ1n) is 5.01. The topological polar surface area (TPSA) is 96.1 Å². The number of aliphatic hydroxyl groups excluding tert-OH is 1. The van der Waals surface area contributed by atoms with E-state index < -0.39 is 0 Å². The lowest BCUT2D eigenvalue weighted by Gasteiger charge is -2.11. The van der Waals surface area contributed by atoms with Crippen LogP contribution in [0.5, 0.6) is 0 Å². The Bertz CT molecular complexity index is 313. The second kappa shape index (κ2) is 6.51. The minimum Gasteiger partial charge on any atom is -0.391 e. The number of aromatic nitrogens is 2. The Morgan fingerprint density at radius 2 is 2.19 bits per heavy atom. The van der Waals surface area contributed by atoms with Gasteiger partial charge in [-0.15, -0.1) is 0 Å². The molecule has 0 spiro atoms. The first kappa shape index (κ1) is 13.0. The average Bonchev–Trinajstić information content (AvgIpc) is 2.35. The van der Waals surface area contributed by atoms with Gasteiger partial charge in [0.1, 0.15) is 11.6 Å². The molecule has 0 bridgehead atoms. The summed E-state index contributed by atoms with van der Waals surface area (Å²) in [6, 6.07) is 1.70. The van der Waals surface area contributed by atoms with Crippen LogP contribution in [0.2, 0.25) is 0 Å². The van der Waals surface area contributed by atoms with E-state index in [1.807, 2.05) is 13.2 Å². The van der Waals surface area contributed by atoms with Crippen LogP contribution in [-0.4, -0.2) is 34.0 Å². The van der Waals surface area contributed by atoms with Gasteiger partial charge in [0.2, 0.25) is 0 Å². The predicted octanol–water partition coefficient (Wildman–Crippen LogP) is 0.667. The molecule has 1 unspecified atom stereocenters. The summed E-state index contributed by atoms with van der Waals surface area (Å²) in [4.78, 5) is 8.37. The van der Waals surface area contributed by atoms with Crippen molar-refractivity contribution < 1.29 is 5.11 Å². The van der Waals surface area contributed by atoms with E-state index in [1.54, 1.807) is 6.07 Å². The van der Waals surface area contributed by atoms with E-state index in [2.05, 4.69) is 20.7 Å². The highest BCUT2D eigenvalue weighted by molar-refractivity contribution is 7.98. The van der Waals surface area contributed by atoms with Gasteiger partial charge in [-0.3, -0.25) is 0 Å². The van der Waals surface area contributed by atoms with Crippen LogP contribution in [0, 0.1) is 0 Å². The van der Waals surface area contributed by atoms with Gasteiger partial charge in [-0.1, -0.05) is 18.7 Å². The van der Waals surface area contributed by atoms with Crippen molar-refractivity contribution in [2.75, 3.05) is 23.5 Å². The summed E-state index contributed by atoms with van der Waals surface area (Å²) in [6.45, 7) is 2.39. The molecule has 0 aliphatic rings. The van der Waals surface area contributed by atoms with Crippen molar-refractivity contribution in [1.82, 2.24) is 9.97 Å². The van der Waals surface area contributed by atoms with E-state index >= 15 is 0 Å². The third kappa shape index (κ3) is 3.84. The van der Waals surface area contributed by atoms with Crippen molar-refractivity contribution in [3.05, 3.63) is 6.07 Å². The first-order valence-corrected chi connectivity index (χ1v) is 6.23. The number of aliphatic hydroxyl groups is 1. The Morgan fingerprint density at radius 3 is 2.75 bits per heavy atom. The Balaban J connectivity index is 2.71. The number of anilines is 2. The Kier molecular flexibility index (Phi) is 5.30. The van der Waals surface area contributed by atoms with E-state index in [9.17, 15) is 5.11 Å². The van der Waals surface area contributed by atoms with Crippen LogP contribution in [0.15, 0.2) is 11.2 Å². The Labute approximate surface area is 99.0 Å². The molecule has 0 aliphatic heterocycles. The molecule has 0 aliphatic carbocycles. The third-order valence-corrected chi connectivity index (χ3v) is 2.57. The fraction of sp³-hybridized carbons (Fsp3) is 0.556. The zero-order valence-electron chi connectivity index (χ0n) is 9.40. The van der Waals surface area contributed by atoms with Gasteiger partial charge in [-0.25, -0.2) is 15.8 Å². The smallest absolute Gasteiger partial charge is 0.191 e. The molecular weight excluding hydrogens is 226 g/mol. The number of nitrogens with zero attached hydrogens (tertiary/aromatic N) is 2. The molecule has 0 saturated heterocycles. The number of nitrogens with one attached hydrogen (secondary N) is 2. The van der Waals surface area contributed by atoms with Gasteiger partial charge in [-0.2, -0.15) is 0 Å². The highest BCUT2D eigenvalue weighted by Crippen LogP contribution is 2.16. The van der Waals surface area contributed by atoms with Gasteiger partial charge < -0.3 is 15.8 Å². The van der Waals surface area contributed by atoms with Crippen LogP contribution in [0.3, 0.4) is 0 Å². The van der Waals surface area contributed by atoms with E-state index in [4.69, 9.17) is 5.84 Å². The number of nitrogens with two attached hydrogens (primary N) is 1. The summed E-state index contributed by atoms with van der Waals surface area (Å²) in [7, 11) is 0. The van der Waals surface area contributed by atoms with Gasteiger partial charge in [0.25, 0.3) is 0 Å².